The Balaban J connectivity index is 1.62. The number of aromatic amines is 1. The number of halogens is 1. The average molecular weight is 369 g/mol. The minimum Gasteiger partial charge on any atom is -0.508 e. The zero-order chi connectivity index (χ0) is 18.1. The van der Waals surface area contributed by atoms with Gasteiger partial charge in [0.05, 0.1) is 5.69 Å². The molecule has 0 fully saturated rings. The van der Waals surface area contributed by atoms with Crippen molar-refractivity contribution >= 4 is 11.6 Å². The first-order chi connectivity index (χ1) is 12.6. The van der Waals surface area contributed by atoms with E-state index < -0.39 is 0 Å². The van der Waals surface area contributed by atoms with E-state index in [-0.39, 0.29) is 11.3 Å². The summed E-state index contributed by atoms with van der Waals surface area (Å²) >= 11 is 6.03. The minimum atomic E-state index is -0.0907. The number of H-pyrrole nitrogens is 1. The number of aromatic nitrogens is 3. The van der Waals surface area contributed by atoms with E-state index in [4.69, 9.17) is 11.6 Å². The molecule has 26 heavy (non-hydrogen) atoms. The van der Waals surface area contributed by atoms with Gasteiger partial charge in [-0.05, 0) is 36.8 Å². The Kier molecular flexibility index (Phi) is 4.44. The van der Waals surface area contributed by atoms with Gasteiger partial charge in [-0.25, -0.2) is 4.98 Å². The molecule has 0 saturated carbocycles. The fraction of sp³-hybridized carbons (Fsp3) is 0.211. The fourth-order valence-electron chi connectivity index (χ4n) is 3.20. The predicted molar refractivity (Wildman–Crippen MR) is 99.0 cm³/mol. The highest BCUT2D eigenvalue weighted by Gasteiger charge is 2.22. The lowest BCUT2D eigenvalue weighted by Crippen LogP contribution is -2.35. The molecule has 1 aliphatic heterocycles. The van der Waals surface area contributed by atoms with Crippen molar-refractivity contribution in [2.24, 2.45) is 0 Å². The topological polar surface area (TPSA) is 82.1 Å². The van der Waals surface area contributed by atoms with E-state index in [2.05, 4.69) is 19.9 Å². The molecule has 3 aromatic rings. The number of nitrogens with zero attached hydrogens (tertiary/aromatic N) is 3. The third-order valence-corrected chi connectivity index (χ3v) is 4.78. The van der Waals surface area contributed by atoms with E-state index >= 15 is 0 Å². The smallest absolute Gasteiger partial charge is 0.254 e. The van der Waals surface area contributed by atoms with E-state index in [0.717, 1.165) is 28.9 Å². The van der Waals surface area contributed by atoms with Crippen LogP contribution in [0.1, 0.15) is 16.8 Å². The van der Waals surface area contributed by atoms with E-state index in [1.54, 1.807) is 30.6 Å². The SMILES string of the molecule is O=c1[nH]c(-c2ccncc2)nc2c1CCN(Cc1cc(Cl)ccc1O)C2. The summed E-state index contributed by atoms with van der Waals surface area (Å²) in [7, 11) is 0. The molecule has 0 amide bonds. The highest BCUT2D eigenvalue weighted by Crippen LogP contribution is 2.25. The molecule has 2 N–H and O–H groups in total. The monoisotopic (exact) mass is 368 g/mol. The van der Waals surface area contributed by atoms with Crippen LogP contribution < -0.4 is 5.56 Å². The summed E-state index contributed by atoms with van der Waals surface area (Å²) in [5, 5.41) is 10.6. The lowest BCUT2D eigenvalue weighted by molar-refractivity contribution is 0.237. The summed E-state index contributed by atoms with van der Waals surface area (Å²) in [5.41, 5.74) is 3.00. The van der Waals surface area contributed by atoms with Crippen molar-refractivity contribution in [3.8, 4) is 17.1 Å². The number of phenols is 1. The first-order valence-corrected chi connectivity index (χ1v) is 8.70. The van der Waals surface area contributed by atoms with Gasteiger partial charge < -0.3 is 10.1 Å². The van der Waals surface area contributed by atoms with Crippen molar-refractivity contribution in [1.29, 1.82) is 0 Å². The van der Waals surface area contributed by atoms with E-state index in [1.807, 2.05) is 12.1 Å². The maximum Gasteiger partial charge on any atom is 0.254 e. The van der Waals surface area contributed by atoms with Crippen LogP contribution in [-0.2, 0) is 19.5 Å². The van der Waals surface area contributed by atoms with Gasteiger partial charge in [0, 0.05) is 53.7 Å². The predicted octanol–water partition coefficient (Wildman–Crippen LogP) is 2.75. The summed E-state index contributed by atoms with van der Waals surface area (Å²) in [4.78, 5) is 26.1. The highest BCUT2D eigenvalue weighted by molar-refractivity contribution is 6.30. The molecule has 0 spiro atoms. The number of hydrogen-bond acceptors (Lipinski definition) is 5. The number of aromatic hydroxyl groups is 1. The van der Waals surface area contributed by atoms with Crippen LogP contribution in [0.15, 0.2) is 47.5 Å². The number of benzene rings is 1. The van der Waals surface area contributed by atoms with Gasteiger partial charge in [0.25, 0.3) is 5.56 Å². The molecular formula is C19H17ClN4O2. The number of phenolic OH excluding ortho intramolecular Hbond substituents is 1. The van der Waals surface area contributed by atoms with Crippen LogP contribution >= 0.6 is 11.6 Å². The normalized spacial score (nSPS) is 14.2. The zero-order valence-corrected chi connectivity index (χ0v) is 14.7. The first-order valence-electron chi connectivity index (χ1n) is 8.32. The lowest BCUT2D eigenvalue weighted by Gasteiger charge is -2.28. The number of fused-ring (bicyclic) bond motifs is 1. The molecule has 0 saturated heterocycles. The molecule has 0 atom stereocenters. The van der Waals surface area contributed by atoms with Gasteiger partial charge in [-0.2, -0.15) is 0 Å². The summed E-state index contributed by atoms with van der Waals surface area (Å²) in [6.45, 7) is 1.81. The van der Waals surface area contributed by atoms with Gasteiger partial charge in [-0.1, -0.05) is 11.6 Å². The summed E-state index contributed by atoms with van der Waals surface area (Å²) in [6.07, 6.45) is 3.96. The number of hydrogen-bond donors (Lipinski definition) is 2. The molecule has 0 bridgehead atoms. The Morgan fingerprint density at radius 2 is 2.04 bits per heavy atom. The fourth-order valence-corrected chi connectivity index (χ4v) is 3.39. The molecule has 0 aliphatic carbocycles. The Morgan fingerprint density at radius 1 is 1.23 bits per heavy atom. The number of nitrogens with one attached hydrogen (secondary N) is 1. The second-order valence-electron chi connectivity index (χ2n) is 6.31. The number of rotatable bonds is 3. The van der Waals surface area contributed by atoms with Crippen molar-refractivity contribution in [3.63, 3.8) is 0 Å². The van der Waals surface area contributed by atoms with Crippen molar-refractivity contribution in [2.75, 3.05) is 6.54 Å². The molecule has 0 radical (unpaired) electrons. The van der Waals surface area contributed by atoms with Gasteiger partial charge >= 0.3 is 0 Å². The highest BCUT2D eigenvalue weighted by atomic mass is 35.5. The lowest BCUT2D eigenvalue weighted by atomic mass is 10.0. The standard InChI is InChI=1S/C19H17ClN4O2/c20-14-1-2-17(25)13(9-14)10-24-8-5-15-16(11-24)22-18(23-19(15)26)12-3-6-21-7-4-12/h1-4,6-7,9,25H,5,8,10-11H2,(H,22,23,26). The third-order valence-electron chi connectivity index (χ3n) is 4.54. The number of pyridine rings is 1. The molecule has 2 aromatic heterocycles. The summed E-state index contributed by atoms with van der Waals surface area (Å²) in [6, 6.07) is 8.65. The van der Waals surface area contributed by atoms with Gasteiger partial charge in [-0.15, -0.1) is 0 Å². The first kappa shape index (κ1) is 16.8. The van der Waals surface area contributed by atoms with Gasteiger partial charge in [0.2, 0.25) is 0 Å². The Hall–Kier alpha value is -2.70. The third kappa shape index (κ3) is 3.34. The zero-order valence-electron chi connectivity index (χ0n) is 13.9. The molecule has 0 unspecified atom stereocenters. The molecule has 3 heterocycles. The van der Waals surface area contributed by atoms with Crippen LogP contribution in [0.2, 0.25) is 5.02 Å². The maximum atomic E-state index is 12.4. The van der Waals surface area contributed by atoms with Crippen LogP contribution in [0.25, 0.3) is 11.4 Å². The van der Waals surface area contributed by atoms with Crippen molar-refractivity contribution in [1.82, 2.24) is 19.9 Å². The molecule has 6 nitrogen and oxygen atoms in total. The molecule has 132 valence electrons. The van der Waals surface area contributed by atoms with Gasteiger partial charge in [-0.3, -0.25) is 14.7 Å². The molecule has 7 heteroatoms. The van der Waals surface area contributed by atoms with Crippen molar-refractivity contribution < 1.29 is 5.11 Å². The average Bonchev–Trinajstić information content (AvgIpc) is 2.65. The van der Waals surface area contributed by atoms with Crippen LogP contribution in [0, 0.1) is 0 Å². The quantitative estimate of drug-likeness (QED) is 0.742. The van der Waals surface area contributed by atoms with E-state index in [0.29, 0.717) is 30.4 Å². The second-order valence-corrected chi connectivity index (χ2v) is 6.75. The van der Waals surface area contributed by atoms with Crippen molar-refractivity contribution in [2.45, 2.75) is 19.5 Å². The van der Waals surface area contributed by atoms with Crippen LogP contribution in [-0.4, -0.2) is 31.5 Å². The molecule has 1 aliphatic rings. The largest absolute Gasteiger partial charge is 0.508 e. The van der Waals surface area contributed by atoms with Crippen molar-refractivity contribution in [3.05, 3.63) is 74.9 Å². The Morgan fingerprint density at radius 3 is 2.85 bits per heavy atom. The van der Waals surface area contributed by atoms with E-state index in [9.17, 15) is 9.90 Å². The van der Waals surface area contributed by atoms with Crippen LogP contribution in [0.3, 0.4) is 0 Å². The van der Waals surface area contributed by atoms with Gasteiger partial charge in [0.15, 0.2) is 0 Å². The maximum absolute atomic E-state index is 12.4. The minimum absolute atomic E-state index is 0.0907. The van der Waals surface area contributed by atoms with Crippen LogP contribution in [0.4, 0.5) is 0 Å². The van der Waals surface area contributed by atoms with E-state index in [1.165, 1.54) is 0 Å². The van der Waals surface area contributed by atoms with Crippen LogP contribution in [0.5, 0.6) is 5.75 Å². The molecular weight excluding hydrogens is 352 g/mol. The molecule has 4 rings (SSSR count). The Bertz CT molecular complexity index is 1000. The van der Waals surface area contributed by atoms with Gasteiger partial charge in [0.1, 0.15) is 11.6 Å². The summed E-state index contributed by atoms with van der Waals surface area (Å²) in [5.74, 6) is 0.764. The summed E-state index contributed by atoms with van der Waals surface area (Å²) < 4.78 is 0. The second kappa shape index (κ2) is 6.90. The Labute approximate surface area is 155 Å². The molecule has 1 aromatic carbocycles.